The van der Waals surface area contributed by atoms with Crippen molar-refractivity contribution < 1.29 is 0 Å². The molecule has 0 heterocycles. The summed E-state index contributed by atoms with van der Waals surface area (Å²) in [5.41, 5.74) is 3.93. The molecular formula is C15H11. The molecule has 2 aliphatic rings. The molecule has 0 saturated carbocycles. The summed E-state index contributed by atoms with van der Waals surface area (Å²) in [7, 11) is 0. The molecule has 3 rings (SSSR count). The van der Waals surface area contributed by atoms with Crippen molar-refractivity contribution in [2.24, 2.45) is 5.92 Å². The molecule has 1 aromatic rings. The standard InChI is InChI=1S/C15H11/c1-3-7-14-11-15-8-4-2-6-13(15)10-9-12(14)5-1/h1,3-11,13H. The second kappa shape index (κ2) is 3.39. The molecule has 0 aromatic heterocycles. The lowest BCUT2D eigenvalue weighted by atomic mass is 9.94. The maximum atomic E-state index is 3.14. The zero-order valence-corrected chi connectivity index (χ0v) is 8.35. The van der Waals surface area contributed by atoms with Crippen LogP contribution in [0.15, 0.2) is 54.1 Å². The topological polar surface area (TPSA) is 0 Å². The molecule has 0 spiro atoms. The highest BCUT2D eigenvalue weighted by molar-refractivity contribution is 5.72. The number of allylic oxidation sites excluding steroid dienone is 6. The molecule has 1 atom stereocenters. The van der Waals surface area contributed by atoms with Crippen LogP contribution in [0, 0.1) is 12.0 Å². The number of hydrogen-bond donors (Lipinski definition) is 0. The van der Waals surface area contributed by atoms with Crippen LogP contribution in [0.1, 0.15) is 11.1 Å². The van der Waals surface area contributed by atoms with Crippen LogP contribution in [0.3, 0.4) is 0 Å². The van der Waals surface area contributed by atoms with Crippen molar-refractivity contribution >= 4 is 12.2 Å². The van der Waals surface area contributed by atoms with Gasteiger partial charge in [-0.15, -0.1) is 0 Å². The van der Waals surface area contributed by atoms with Crippen LogP contribution in [0.2, 0.25) is 0 Å². The lowest BCUT2D eigenvalue weighted by Gasteiger charge is -2.10. The molecule has 2 aliphatic carbocycles. The van der Waals surface area contributed by atoms with Gasteiger partial charge in [-0.25, -0.2) is 0 Å². The van der Waals surface area contributed by atoms with Crippen LogP contribution >= 0.6 is 0 Å². The summed E-state index contributed by atoms with van der Waals surface area (Å²) in [6.45, 7) is 0. The molecule has 71 valence electrons. The van der Waals surface area contributed by atoms with Crippen LogP contribution < -0.4 is 0 Å². The first-order valence-corrected chi connectivity index (χ1v) is 5.18. The summed E-state index contributed by atoms with van der Waals surface area (Å²) in [6, 6.07) is 8.47. The van der Waals surface area contributed by atoms with Crippen LogP contribution in [0.5, 0.6) is 0 Å². The van der Waals surface area contributed by atoms with Crippen molar-refractivity contribution in [3.63, 3.8) is 0 Å². The minimum atomic E-state index is 0.391. The minimum absolute atomic E-state index is 0.391. The zero-order valence-electron chi connectivity index (χ0n) is 8.35. The third-order valence-electron chi connectivity index (χ3n) is 2.83. The number of benzene rings is 1. The van der Waals surface area contributed by atoms with E-state index in [1.165, 1.54) is 16.7 Å². The maximum Gasteiger partial charge on any atom is 0.0211 e. The molecule has 0 saturated heterocycles. The lowest BCUT2D eigenvalue weighted by Crippen LogP contribution is -1.96. The molecule has 1 unspecified atom stereocenters. The van der Waals surface area contributed by atoms with Gasteiger partial charge in [0.2, 0.25) is 0 Å². The highest BCUT2D eigenvalue weighted by Gasteiger charge is 2.11. The van der Waals surface area contributed by atoms with E-state index in [1.807, 2.05) is 6.08 Å². The molecule has 0 heteroatoms. The lowest BCUT2D eigenvalue weighted by molar-refractivity contribution is 1.01. The number of hydrogen-bond acceptors (Lipinski definition) is 0. The Morgan fingerprint density at radius 1 is 1.00 bits per heavy atom. The Morgan fingerprint density at radius 3 is 2.80 bits per heavy atom. The predicted octanol–water partition coefficient (Wildman–Crippen LogP) is 3.64. The third kappa shape index (κ3) is 1.48. The quantitative estimate of drug-likeness (QED) is 0.587. The summed E-state index contributed by atoms with van der Waals surface area (Å²) in [4.78, 5) is 0. The first-order chi connectivity index (χ1) is 7.43. The molecule has 0 aliphatic heterocycles. The summed E-state index contributed by atoms with van der Waals surface area (Å²) >= 11 is 0. The molecule has 0 N–H and O–H groups in total. The van der Waals surface area contributed by atoms with Crippen LogP contribution in [0.4, 0.5) is 0 Å². The third-order valence-corrected chi connectivity index (χ3v) is 2.83. The van der Waals surface area contributed by atoms with Gasteiger partial charge in [0.25, 0.3) is 0 Å². The fourth-order valence-electron chi connectivity index (χ4n) is 2.00. The molecular weight excluding hydrogens is 180 g/mol. The van der Waals surface area contributed by atoms with Crippen molar-refractivity contribution in [3.05, 3.63) is 71.3 Å². The van der Waals surface area contributed by atoms with Crippen molar-refractivity contribution in [3.8, 4) is 0 Å². The van der Waals surface area contributed by atoms with Gasteiger partial charge in [-0.2, -0.15) is 0 Å². The Labute approximate surface area is 89.9 Å². The molecule has 0 amide bonds. The van der Waals surface area contributed by atoms with E-state index in [-0.39, 0.29) is 0 Å². The largest absolute Gasteiger partial charge is 0.0726 e. The zero-order chi connectivity index (χ0) is 10.1. The Bertz CT molecular complexity index is 499. The van der Waals surface area contributed by atoms with E-state index in [4.69, 9.17) is 0 Å². The monoisotopic (exact) mass is 191 g/mol. The Morgan fingerprint density at radius 2 is 1.87 bits per heavy atom. The van der Waals surface area contributed by atoms with Gasteiger partial charge < -0.3 is 0 Å². The summed E-state index contributed by atoms with van der Waals surface area (Å²) < 4.78 is 0. The van der Waals surface area contributed by atoms with E-state index in [2.05, 4.69) is 60.7 Å². The van der Waals surface area contributed by atoms with Crippen LogP contribution in [-0.4, -0.2) is 0 Å². The Balaban J connectivity index is 2.18. The molecule has 0 bridgehead atoms. The Kier molecular flexibility index (Phi) is 1.92. The first kappa shape index (κ1) is 8.49. The molecule has 1 aromatic carbocycles. The van der Waals surface area contributed by atoms with Gasteiger partial charge >= 0.3 is 0 Å². The second-order valence-electron chi connectivity index (χ2n) is 3.82. The van der Waals surface area contributed by atoms with E-state index in [0.29, 0.717) is 5.92 Å². The fraction of sp³-hybridized carbons (Fsp3) is 0.0667. The highest BCUT2D eigenvalue weighted by atomic mass is 14.2. The summed E-state index contributed by atoms with van der Waals surface area (Å²) in [6.07, 6.45) is 16.0. The van der Waals surface area contributed by atoms with Crippen LogP contribution in [0.25, 0.3) is 12.2 Å². The van der Waals surface area contributed by atoms with E-state index in [9.17, 15) is 0 Å². The molecule has 0 nitrogen and oxygen atoms in total. The first-order valence-electron chi connectivity index (χ1n) is 5.18. The Hall–Kier alpha value is -1.82. The van der Waals surface area contributed by atoms with Crippen molar-refractivity contribution in [2.75, 3.05) is 0 Å². The highest BCUT2D eigenvalue weighted by Crippen LogP contribution is 2.28. The number of fused-ring (bicyclic) bond motifs is 2. The van der Waals surface area contributed by atoms with E-state index < -0.39 is 0 Å². The van der Waals surface area contributed by atoms with Gasteiger partial charge in [0.15, 0.2) is 0 Å². The van der Waals surface area contributed by atoms with Gasteiger partial charge in [0, 0.05) is 5.92 Å². The molecule has 1 radical (unpaired) electrons. The normalized spacial score (nSPS) is 21.6. The van der Waals surface area contributed by atoms with Gasteiger partial charge in [0.1, 0.15) is 0 Å². The van der Waals surface area contributed by atoms with Crippen LogP contribution in [-0.2, 0) is 0 Å². The average Bonchev–Trinajstić information content (AvgIpc) is 2.48. The summed E-state index contributed by atoms with van der Waals surface area (Å²) in [5.74, 6) is 0.391. The predicted molar refractivity (Wildman–Crippen MR) is 63.9 cm³/mol. The van der Waals surface area contributed by atoms with E-state index in [0.717, 1.165) is 0 Å². The van der Waals surface area contributed by atoms with Gasteiger partial charge in [-0.3, -0.25) is 0 Å². The van der Waals surface area contributed by atoms with Gasteiger partial charge in [0.05, 0.1) is 0 Å². The maximum absolute atomic E-state index is 3.14. The van der Waals surface area contributed by atoms with E-state index >= 15 is 0 Å². The van der Waals surface area contributed by atoms with Crippen molar-refractivity contribution in [2.45, 2.75) is 0 Å². The minimum Gasteiger partial charge on any atom is -0.0726 e. The van der Waals surface area contributed by atoms with Crippen molar-refractivity contribution in [1.29, 1.82) is 0 Å². The SMILES string of the molecule is [C]1=CC2C=Cc3ccccc3C=C2C=C1. The van der Waals surface area contributed by atoms with Gasteiger partial charge in [-0.05, 0) is 22.8 Å². The van der Waals surface area contributed by atoms with Crippen molar-refractivity contribution in [1.82, 2.24) is 0 Å². The molecule has 15 heavy (non-hydrogen) atoms. The number of rotatable bonds is 0. The fourth-order valence-corrected chi connectivity index (χ4v) is 2.00. The summed E-state index contributed by atoms with van der Waals surface area (Å²) in [5, 5.41) is 0. The van der Waals surface area contributed by atoms with Gasteiger partial charge in [-0.1, -0.05) is 60.7 Å². The smallest absolute Gasteiger partial charge is 0.0211 e. The second-order valence-corrected chi connectivity index (χ2v) is 3.82. The molecule has 0 fully saturated rings. The average molecular weight is 191 g/mol. The van der Waals surface area contributed by atoms with E-state index in [1.54, 1.807) is 0 Å².